The molecule has 0 aliphatic carbocycles. The summed E-state index contributed by atoms with van der Waals surface area (Å²) in [6.45, 7) is 4.84. The van der Waals surface area contributed by atoms with Gasteiger partial charge in [-0.3, -0.25) is 9.69 Å². The van der Waals surface area contributed by atoms with Gasteiger partial charge in [0.25, 0.3) is 0 Å². The van der Waals surface area contributed by atoms with Crippen LogP contribution in [-0.2, 0) is 21.2 Å². The number of hydrogen-bond acceptors (Lipinski definition) is 5. The average Bonchev–Trinajstić information content (AvgIpc) is 2.85. The maximum atomic E-state index is 12.2. The molecule has 0 spiro atoms. The first-order valence-corrected chi connectivity index (χ1v) is 9.84. The molecule has 7 heteroatoms. The SMILES string of the molecule is CC(C)N(CC(=O)N[C@@H]1CCS(=O)(=O)C1)Cc1ccc(C#N)cc1. The quantitative estimate of drug-likeness (QED) is 0.830. The number of sulfone groups is 1. The van der Waals surface area contributed by atoms with Gasteiger partial charge >= 0.3 is 0 Å². The van der Waals surface area contributed by atoms with E-state index in [1.165, 1.54) is 0 Å². The van der Waals surface area contributed by atoms with Crippen LogP contribution in [0.15, 0.2) is 24.3 Å². The molecule has 1 aromatic carbocycles. The van der Waals surface area contributed by atoms with Crippen LogP contribution in [0.3, 0.4) is 0 Å². The second-order valence-electron chi connectivity index (χ2n) is 6.47. The Morgan fingerprint density at radius 2 is 2.04 bits per heavy atom. The van der Waals surface area contributed by atoms with Gasteiger partial charge in [-0.05, 0) is 38.0 Å². The van der Waals surface area contributed by atoms with E-state index in [1.54, 1.807) is 12.1 Å². The molecule has 1 aliphatic heterocycles. The number of amides is 1. The van der Waals surface area contributed by atoms with Gasteiger partial charge in [-0.15, -0.1) is 0 Å². The summed E-state index contributed by atoms with van der Waals surface area (Å²) in [4.78, 5) is 14.2. The predicted molar refractivity (Wildman–Crippen MR) is 91.9 cm³/mol. The van der Waals surface area contributed by atoms with Gasteiger partial charge in [-0.2, -0.15) is 5.26 Å². The van der Waals surface area contributed by atoms with Gasteiger partial charge < -0.3 is 5.32 Å². The van der Waals surface area contributed by atoms with E-state index in [1.807, 2.05) is 30.9 Å². The Balaban J connectivity index is 1.92. The molecule has 0 unspecified atom stereocenters. The van der Waals surface area contributed by atoms with Crippen molar-refractivity contribution in [3.05, 3.63) is 35.4 Å². The largest absolute Gasteiger partial charge is 0.351 e. The molecule has 24 heavy (non-hydrogen) atoms. The molecule has 0 saturated carbocycles. The Labute approximate surface area is 143 Å². The molecule has 6 nitrogen and oxygen atoms in total. The van der Waals surface area contributed by atoms with Crippen molar-refractivity contribution in [2.75, 3.05) is 18.1 Å². The van der Waals surface area contributed by atoms with Crippen molar-refractivity contribution in [2.45, 2.75) is 38.9 Å². The van der Waals surface area contributed by atoms with Crippen LogP contribution in [0.4, 0.5) is 0 Å². The van der Waals surface area contributed by atoms with Gasteiger partial charge in [0.1, 0.15) is 0 Å². The summed E-state index contributed by atoms with van der Waals surface area (Å²) in [6.07, 6.45) is 0.491. The van der Waals surface area contributed by atoms with E-state index in [0.29, 0.717) is 18.5 Å². The predicted octanol–water partition coefficient (Wildman–Crippen LogP) is 1.07. The minimum atomic E-state index is -3.00. The van der Waals surface area contributed by atoms with Crippen LogP contribution < -0.4 is 5.32 Å². The Morgan fingerprint density at radius 1 is 1.38 bits per heavy atom. The van der Waals surface area contributed by atoms with Crippen molar-refractivity contribution in [1.82, 2.24) is 10.2 Å². The van der Waals surface area contributed by atoms with Crippen LogP contribution in [0.1, 0.15) is 31.4 Å². The fourth-order valence-corrected chi connectivity index (χ4v) is 4.38. The van der Waals surface area contributed by atoms with E-state index in [-0.39, 0.29) is 36.0 Å². The molecule has 0 bridgehead atoms. The number of hydrogen-bond donors (Lipinski definition) is 1. The van der Waals surface area contributed by atoms with Gasteiger partial charge in [0.05, 0.1) is 29.7 Å². The molecule has 1 saturated heterocycles. The highest BCUT2D eigenvalue weighted by Crippen LogP contribution is 2.12. The minimum absolute atomic E-state index is 0.0377. The standard InChI is InChI=1S/C17H23N3O3S/c1-13(2)20(10-15-5-3-14(9-18)4-6-15)11-17(21)19-16-7-8-24(22,23)12-16/h3-6,13,16H,7-8,10-12H2,1-2H3,(H,19,21)/t16-/m1/s1. The molecular formula is C17H23N3O3S. The summed E-state index contributed by atoms with van der Waals surface area (Å²) in [5.74, 6) is 0.0343. The molecule has 1 aliphatic rings. The van der Waals surface area contributed by atoms with E-state index in [9.17, 15) is 13.2 Å². The third kappa shape index (κ3) is 5.32. The average molecular weight is 349 g/mol. The number of nitrogens with zero attached hydrogens (tertiary/aromatic N) is 2. The van der Waals surface area contributed by atoms with Crippen molar-refractivity contribution in [3.63, 3.8) is 0 Å². The Hall–Kier alpha value is -1.91. The topological polar surface area (TPSA) is 90.3 Å². The van der Waals surface area contributed by atoms with E-state index < -0.39 is 9.84 Å². The first-order chi connectivity index (χ1) is 11.3. The smallest absolute Gasteiger partial charge is 0.234 e. The zero-order valence-corrected chi connectivity index (χ0v) is 14.8. The van der Waals surface area contributed by atoms with Crippen molar-refractivity contribution in [2.24, 2.45) is 0 Å². The maximum absolute atomic E-state index is 12.2. The summed E-state index contributed by atoms with van der Waals surface area (Å²) >= 11 is 0. The molecular weight excluding hydrogens is 326 g/mol. The maximum Gasteiger partial charge on any atom is 0.234 e. The molecule has 1 aromatic rings. The first-order valence-electron chi connectivity index (χ1n) is 8.02. The lowest BCUT2D eigenvalue weighted by Crippen LogP contribution is -2.44. The summed E-state index contributed by atoms with van der Waals surface area (Å²) < 4.78 is 22.9. The monoisotopic (exact) mass is 349 g/mol. The number of rotatable bonds is 6. The van der Waals surface area contributed by atoms with Gasteiger partial charge in [-0.1, -0.05) is 12.1 Å². The lowest BCUT2D eigenvalue weighted by molar-refractivity contribution is -0.123. The van der Waals surface area contributed by atoms with Crippen LogP contribution in [0.5, 0.6) is 0 Å². The van der Waals surface area contributed by atoms with Crippen LogP contribution in [0.25, 0.3) is 0 Å². The van der Waals surface area contributed by atoms with Crippen LogP contribution in [-0.4, -0.2) is 49.4 Å². The zero-order valence-electron chi connectivity index (χ0n) is 14.0. The van der Waals surface area contributed by atoms with E-state index in [0.717, 1.165) is 5.56 Å². The Bertz CT molecular complexity index is 720. The molecule has 2 rings (SSSR count). The normalized spacial score (nSPS) is 19.4. The highest BCUT2D eigenvalue weighted by molar-refractivity contribution is 7.91. The summed E-state index contributed by atoms with van der Waals surface area (Å²) in [7, 11) is -3.00. The van der Waals surface area contributed by atoms with Crippen LogP contribution >= 0.6 is 0 Å². The minimum Gasteiger partial charge on any atom is -0.351 e. The highest BCUT2D eigenvalue weighted by Gasteiger charge is 2.29. The fraction of sp³-hybridized carbons (Fsp3) is 0.529. The Morgan fingerprint density at radius 3 is 2.54 bits per heavy atom. The third-order valence-electron chi connectivity index (χ3n) is 4.14. The second-order valence-corrected chi connectivity index (χ2v) is 8.70. The van der Waals surface area contributed by atoms with Gasteiger partial charge in [0.15, 0.2) is 9.84 Å². The van der Waals surface area contributed by atoms with Crippen LogP contribution in [0.2, 0.25) is 0 Å². The number of nitriles is 1. The van der Waals surface area contributed by atoms with E-state index in [2.05, 4.69) is 11.4 Å². The molecule has 0 radical (unpaired) electrons. The van der Waals surface area contributed by atoms with Gasteiger partial charge in [0, 0.05) is 18.6 Å². The van der Waals surface area contributed by atoms with Gasteiger partial charge in [-0.25, -0.2) is 8.42 Å². The number of benzene rings is 1. The third-order valence-corrected chi connectivity index (χ3v) is 5.91. The number of carbonyl (C=O) groups is 1. The van der Waals surface area contributed by atoms with Crippen molar-refractivity contribution in [1.29, 1.82) is 5.26 Å². The first kappa shape index (κ1) is 18.4. The Kier molecular flexibility index (Phi) is 5.97. The fourth-order valence-electron chi connectivity index (χ4n) is 2.71. The van der Waals surface area contributed by atoms with Crippen molar-refractivity contribution in [3.8, 4) is 6.07 Å². The van der Waals surface area contributed by atoms with Gasteiger partial charge in [0.2, 0.25) is 5.91 Å². The van der Waals surface area contributed by atoms with Crippen LogP contribution in [0, 0.1) is 11.3 Å². The molecule has 130 valence electrons. The summed E-state index contributed by atoms with van der Waals surface area (Å²) in [6, 6.07) is 9.27. The molecule has 1 N–H and O–H groups in total. The number of nitrogens with one attached hydrogen (secondary N) is 1. The van der Waals surface area contributed by atoms with E-state index in [4.69, 9.17) is 5.26 Å². The lowest BCUT2D eigenvalue weighted by Gasteiger charge is -2.26. The molecule has 1 fully saturated rings. The van der Waals surface area contributed by atoms with E-state index >= 15 is 0 Å². The number of carbonyl (C=O) groups excluding carboxylic acids is 1. The summed E-state index contributed by atoms with van der Waals surface area (Å²) in [5, 5.41) is 11.7. The molecule has 0 aromatic heterocycles. The molecule has 1 atom stereocenters. The molecule has 1 heterocycles. The van der Waals surface area contributed by atoms with Crippen molar-refractivity contribution < 1.29 is 13.2 Å². The zero-order chi connectivity index (χ0) is 17.7. The summed E-state index contributed by atoms with van der Waals surface area (Å²) in [5.41, 5.74) is 1.63. The van der Waals surface area contributed by atoms with Crippen molar-refractivity contribution >= 4 is 15.7 Å². The second kappa shape index (κ2) is 7.77. The lowest BCUT2D eigenvalue weighted by atomic mass is 10.1. The molecule has 1 amide bonds. The highest BCUT2D eigenvalue weighted by atomic mass is 32.2.